The Kier molecular flexibility index (Phi) is 4.74. The van der Waals surface area contributed by atoms with Crippen LogP contribution in [0, 0.1) is 5.82 Å². The van der Waals surface area contributed by atoms with Crippen LogP contribution in [0.3, 0.4) is 0 Å². The molecule has 2 aromatic carbocycles. The number of carbonyl (C=O) groups excluding carboxylic acids is 1. The van der Waals surface area contributed by atoms with Crippen LogP contribution in [0.15, 0.2) is 46.9 Å². The second kappa shape index (κ2) is 6.52. The molecule has 0 spiro atoms. The molecule has 0 aromatic heterocycles. The zero-order valence-electron chi connectivity index (χ0n) is 10.7. The maximum Gasteiger partial charge on any atom is 0.341 e. The van der Waals surface area contributed by atoms with Crippen molar-refractivity contribution < 1.29 is 18.7 Å². The summed E-state index contributed by atoms with van der Waals surface area (Å²) in [7, 11) is 1.43. The van der Waals surface area contributed by atoms with Crippen LogP contribution in [-0.4, -0.2) is 13.1 Å². The summed E-state index contributed by atoms with van der Waals surface area (Å²) in [4.78, 5) is 11.8. The Hall–Kier alpha value is -1.88. The molecule has 0 saturated carbocycles. The highest BCUT2D eigenvalue weighted by atomic mass is 79.9. The predicted molar refractivity (Wildman–Crippen MR) is 76.2 cm³/mol. The normalized spacial score (nSPS) is 10.2. The van der Waals surface area contributed by atoms with Gasteiger partial charge in [0.25, 0.3) is 0 Å². The number of benzene rings is 2. The number of hydrogen-bond donors (Lipinski definition) is 0. The van der Waals surface area contributed by atoms with Crippen LogP contribution in [0.5, 0.6) is 5.75 Å². The zero-order chi connectivity index (χ0) is 14.5. The van der Waals surface area contributed by atoms with Crippen molar-refractivity contribution in [2.45, 2.75) is 6.61 Å². The van der Waals surface area contributed by atoms with E-state index in [1.165, 1.54) is 19.2 Å². The third kappa shape index (κ3) is 3.36. The highest BCUT2D eigenvalue weighted by Gasteiger charge is 2.14. The van der Waals surface area contributed by atoms with Crippen molar-refractivity contribution in [2.24, 2.45) is 0 Å². The number of hydrogen-bond acceptors (Lipinski definition) is 3. The molecule has 0 aliphatic heterocycles. The second-order valence-corrected chi connectivity index (χ2v) is 4.87. The number of halogens is 2. The van der Waals surface area contributed by atoms with Crippen LogP contribution in [0.25, 0.3) is 0 Å². The molecular weight excluding hydrogens is 327 g/mol. The van der Waals surface area contributed by atoms with Crippen molar-refractivity contribution in [1.82, 2.24) is 0 Å². The van der Waals surface area contributed by atoms with Gasteiger partial charge in [0.2, 0.25) is 0 Å². The molecule has 3 nitrogen and oxygen atoms in total. The molecule has 0 aliphatic carbocycles. The minimum atomic E-state index is -0.707. The van der Waals surface area contributed by atoms with Gasteiger partial charge in [-0.05, 0) is 18.2 Å². The van der Waals surface area contributed by atoms with E-state index >= 15 is 0 Å². The molecule has 0 aliphatic rings. The fourth-order valence-electron chi connectivity index (χ4n) is 1.62. The predicted octanol–water partition coefficient (Wildman–Crippen LogP) is 3.95. The molecule has 0 N–H and O–H groups in total. The van der Waals surface area contributed by atoms with Crippen molar-refractivity contribution >= 4 is 21.9 Å². The van der Waals surface area contributed by atoms with Crippen LogP contribution >= 0.6 is 15.9 Å². The van der Waals surface area contributed by atoms with E-state index in [0.29, 0.717) is 5.75 Å². The summed E-state index contributed by atoms with van der Waals surface area (Å²) in [6.45, 7) is 0.0751. The molecule has 5 heteroatoms. The van der Waals surface area contributed by atoms with E-state index < -0.39 is 11.8 Å². The molecule has 0 unspecified atom stereocenters. The third-order valence-corrected chi connectivity index (χ3v) is 3.49. The maximum atomic E-state index is 13.7. The topological polar surface area (TPSA) is 35.5 Å². The van der Waals surface area contributed by atoms with E-state index in [-0.39, 0.29) is 12.2 Å². The fraction of sp³-hybridized carbons (Fsp3) is 0.133. The van der Waals surface area contributed by atoms with Gasteiger partial charge in [0, 0.05) is 16.1 Å². The molecule has 0 atom stereocenters. The Balaban J connectivity index is 2.07. The van der Waals surface area contributed by atoms with Gasteiger partial charge in [-0.15, -0.1) is 0 Å². The van der Waals surface area contributed by atoms with Crippen molar-refractivity contribution in [3.8, 4) is 5.75 Å². The van der Waals surface area contributed by atoms with Crippen molar-refractivity contribution in [3.63, 3.8) is 0 Å². The number of ether oxygens (including phenoxy) is 2. The van der Waals surface area contributed by atoms with Gasteiger partial charge < -0.3 is 9.47 Å². The fourth-order valence-corrected chi connectivity index (χ4v) is 2.02. The summed E-state index contributed by atoms with van der Waals surface area (Å²) in [5.41, 5.74) is 0.702. The first-order chi connectivity index (χ1) is 9.61. The summed E-state index contributed by atoms with van der Waals surface area (Å²) in [6.07, 6.45) is 0. The van der Waals surface area contributed by atoms with Crippen molar-refractivity contribution in [3.05, 3.63) is 63.9 Å². The molecule has 2 rings (SSSR count). The summed E-state index contributed by atoms with van der Waals surface area (Å²) in [5.74, 6) is -1.02. The Morgan fingerprint density at radius 3 is 2.65 bits per heavy atom. The summed E-state index contributed by atoms with van der Waals surface area (Å²) in [6, 6.07) is 11.4. The lowest BCUT2D eigenvalue weighted by Crippen LogP contribution is -2.08. The first kappa shape index (κ1) is 14.5. The Morgan fingerprint density at radius 2 is 2.00 bits per heavy atom. The van der Waals surface area contributed by atoms with Gasteiger partial charge in [-0.2, -0.15) is 0 Å². The number of methoxy groups -OCH3 is 1. The van der Waals surface area contributed by atoms with Crippen molar-refractivity contribution in [1.29, 1.82) is 0 Å². The Bertz CT molecular complexity index is 628. The van der Waals surface area contributed by atoms with E-state index in [1.807, 2.05) is 24.3 Å². The lowest BCUT2D eigenvalue weighted by molar-refractivity contribution is 0.0466. The molecular formula is C15H12BrFO3. The highest BCUT2D eigenvalue weighted by molar-refractivity contribution is 9.10. The van der Waals surface area contributed by atoms with Gasteiger partial charge in [0.15, 0.2) is 0 Å². The van der Waals surface area contributed by atoms with Gasteiger partial charge in [0.1, 0.15) is 18.2 Å². The van der Waals surface area contributed by atoms with E-state index in [1.54, 1.807) is 0 Å². The lowest BCUT2D eigenvalue weighted by Gasteiger charge is -2.08. The molecule has 104 valence electrons. The van der Waals surface area contributed by atoms with Gasteiger partial charge in [-0.25, -0.2) is 9.18 Å². The van der Waals surface area contributed by atoms with Gasteiger partial charge >= 0.3 is 5.97 Å². The van der Waals surface area contributed by atoms with Crippen LogP contribution in [-0.2, 0) is 11.3 Å². The van der Waals surface area contributed by atoms with Gasteiger partial charge in [-0.3, -0.25) is 0 Å². The smallest absolute Gasteiger partial charge is 0.341 e. The van der Waals surface area contributed by atoms with E-state index in [4.69, 9.17) is 9.47 Å². The molecule has 0 heterocycles. The third-order valence-electron chi connectivity index (χ3n) is 2.71. The zero-order valence-corrected chi connectivity index (χ0v) is 12.3. The van der Waals surface area contributed by atoms with E-state index in [9.17, 15) is 9.18 Å². The number of carbonyl (C=O) groups is 1. The monoisotopic (exact) mass is 338 g/mol. The quantitative estimate of drug-likeness (QED) is 0.791. The van der Waals surface area contributed by atoms with Crippen LogP contribution < -0.4 is 4.74 Å². The van der Waals surface area contributed by atoms with Crippen LogP contribution in [0.1, 0.15) is 15.9 Å². The van der Waals surface area contributed by atoms with Gasteiger partial charge in [0.05, 0.1) is 12.7 Å². The molecule has 0 bridgehead atoms. The number of rotatable bonds is 4. The molecule has 0 fully saturated rings. The molecule has 0 radical (unpaired) electrons. The molecule has 20 heavy (non-hydrogen) atoms. The average Bonchev–Trinajstić information content (AvgIpc) is 2.46. The first-order valence-corrected chi connectivity index (χ1v) is 6.65. The summed E-state index contributed by atoms with van der Waals surface area (Å²) < 4.78 is 24.5. The Labute approximate surface area is 124 Å². The Morgan fingerprint density at radius 1 is 1.25 bits per heavy atom. The second-order valence-electron chi connectivity index (χ2n) is 4.01. The largest absolute Gasteiger partial charge is 0.497 e. The van der Waals surface area contributed by atoms with Gasteiger partial charge in [-0.1, -0.05) is 34.1 Å². The summed E-state index contributed by atoms with van der Waals surface area (Å²) >= 11 is 3.35. The van der Waals surface area contributed by atoms with Crippen LogP contribution in [0.4, 0.5) is 4.39 Å². The first-order valence-electron chi connectivity index (χ1n) is 5.86. The molecule has 0 amide bonds. The standard InChI is InChI=1S/C15H12BrFO3/c1-19-11-6-7-12(14(17)8-11)15(18)20-9-10-4-2-3-5-13(10)16/h2-8H,9H2,1H3. The molecule has 0 saturated heterocycles. The number of esters is 1. The maximum absolute atomic E-state index is 13.7. The lowest BCUT2D eigenvalue weighted by atomic mass is 10.2. The highest BCUT2D eigenvalue weighted by Crippen LogP contribution is 2.19. The molecule has 2 aromatic rings. The SMILES string of the molecule is COc1ccc(C(=O)OCc2ccccc2Br)c(F)c1. The minimum absolute atomic E-state index is 0.0751. The van der Waals surface area contributed by atoms with E-state index in [0.717, 1.165) is 16.1 Å². The van der Waals surface area contributed by atoms with Crippen LogP contribution in [0.2, 0.25) is 0 Å². The minimum Gasteiger partial charge on any atom is -0.497 e. The summed E-state index contributed by atoms with van der Waals surface area (Å²) in [5, 5.41) is 0. The average molecular weight is 339 g/mol. The van der Waals surface area contributed by atoms with E-state index in [2.05, 4.69) is 15.9 Å². The van der Waals surface area contributed by atoms with Crippen molar-refractivity contribution in [2.75, 3.05) is 7.11 Å².